The van der Waals surface area contributed by atoms with Gasteiger partial charge in [0.1, 0.15) is 0 Å². The molecule has 7 heteroatoms. The van der Waals surface area contributed by atoms with Crippen molar-refractivity contribution in [1.82, 2.24) is 15.2 Å². The van der Waals surface area contributed by atoms with E-state index in [1.54, 1.807) is 6.20 Å². The third-order valence-electron chi connectivity index (χ3n) is 4.15. The smallest absolute Gasteiger partial charge is 0.249 e. The Labute approximate surface area is 148 Å². The molecule has 0 spiro atoms. The number of rotatable bonds is 8. The van der Waals surface area contributed by atoms with Crippen LogP contribution in [0.3, 0.4) is 0 Å². The summed E-state index contributed by atoms with van der Waals surface area (Å²) in [6.07, 6.45) is 5.20. The maximum Gasteiger partial charge on any atom is 0.249 e. The number of nitrogens with one attached hydrogen (secondary N) is 2. The van der Waals surface area contributed by atoms with Gasteiger partial charge in [-0.25, -0.2) is 0 Å². The second-order valence-corrected chi connectivity index (χ2v) is 6.04. The van der Waals surface area contributed by atoms with Crippen LogP contribution in [0.15, 0.2) is 30.5 Å². The molecule has 0 atom stereocenters. The SMILES string of the molecule is CCCCCNc1cnnc(Nc2ccccc2N2CCOCC2)n1. The Balaban J connectivity index is 1.68. The minimum atomic E-state index is 0.501. The summed E-state index contributed by atoms with van der Waals surface area (Å²) in [7, 11) is 0. The highest BCUT2D eigenvalue weighted by Crippen LogP contribution is 2.28. The van der Waals surface area contributed by atoms with Crippen molar-refractivity contribution in [3.63, 3.8) is 0 Å². The summed E-state index contributed by atoms with van der Waals surface area (Å²) in [6.45, 7) is 6.37. The number of morpholine rings is 1. The molecule has 1 aromatic heterocycles. The molecular weight excluding hydrogens is 316 g/mol. The first-order valence-electron chi connectivity index (χ1n) is 8.99. The minimum absolute atomic E-state index is 0.501. The molecule has 0 radical (unpaired) electrons. The first-order chi connectivity index (χ1) is 12.4. The Morgan fingerprint density at radius 2 is 2.00 bits per heavy atom. The van der Waals surface area contributed by atoms with Crippen LogP contribution >= 0.6 is 0 Å². The Morgan fingerprint density at radius 3 is 2.84 bits per heavy atom. The number of anilines is 4. The van der Waals surface area contributed by atoms with Crippen molar-refractivity contribution < 1.29 is 4.74 Å². The van der Waals surface area contributed by atoms with Crippen LogP contribution < -0.4 is 15.5 Å². The summed E-state index contributed by atoms with van der Waals surface area (Å²) in [4.78, 5) is 6.82. The number of benzene rings is 1. The number of para-hydroxylation sites is 2. The standard InChI is InChI=1S/C18H26N6O/c1-2-3-6-9-19-17-14-20-23-18(22-17)21-15-7-4-5-8-16(15)24-10-12-25-13-11-24/h4-5,7-8,14H,2-3,6,9-13H2,1H3,(H2,19,21,22,23). The molecule has 1 fully saturated rings. The van der Waals surface area contributed by atoms with Crippen LogP contribution in [0.4, 0.5) is 23.1 Å². The zero-order valence-corrected chi connectivity index (χ0v) is 14.7. The van der Waals surface area contributed by atoms with Crippen molar-refractivity contribution in [2.45, 2.75) is 26.2 Å². The minimum Gasteiger partial charge on any atom is -0.378 e. The lowest BCUT2D eigenvalue weighted by molar-refractivity contribution is 0.123. The zero-order chi connectivity index (χ0) is 17.3. The van der Waals surface area contributed by atoms with Gasteiger partial charge in [-0.15, -0.1) is 5.10 Å². The highest BCUT2D eigenvalue weighted by atomic mass is 16.5. The van der Waals surface area contributed by atoms with Crippen LogP contribution in [0.25, 0.3) is 0 Å². The summed E-state index contributed by atoms with van der Waals surface area (Å²) in [5, 5.41) is 14.8. The van der Waals surface area contributed by atoms with E-state index in [1.165, 1.54) is 12.8 Å². The molecule has 2 N–H and O–H groups in total. The van der Waals surface area contributed by atoms with Gasteiger partial charge < -0.3 is 20.3 Å². The van der Waals surface area contributed by atoms with Crippen LogP contribution in [0.2, 0.25) is 0 Å². The van der Waals surface area contributed by atoms with Gasteiger partial charge in [0.15, 0.2) is 5.82 Å². The van der Waals surface area contributed by atoms with Crippen molar-refractivity contribution in [3.05, 3.63) is 30.5 Å². The van der Waals surface area contributed by atoms with E-state index >= 15 is 0 Å². The third kappa shape index (κ3) is 5.03. The predicted molar refractivity (Wildman–Crippen MR) is 101 cm³/mol. The van der Waals surface area contributed by atoms with Crippen molar-refractivity contribution >= 4 is 23.1 Å². The quantitative estimate of drug-likeness (QED) is 0.714. The van der Waals surface area contributed by atoms with E-state index < -0.39 is 0 Å². The topological polar surface area (TPSA) is 75.2 Å². The molecule has 0 bridgehead atoms. The van der Waals surface area contributed by atoms with Crippen molar-refractivity contribution in [2.75, 3.05) is 48.4 Å². The second kappa shape index (κ2) is 9.17. The highest BCUT2D eigenvalue weighted by Gasteiger charge is 2.15. The molecule has 1 aliphatic heterocycles. The molecule has 1 saturated heterocycles. The first kappa shape index (κ1) is 17.4. The molecule has 0 saturated carbocycles. The molecule has 0 aliphatic carbocycles. The van der Waals surface area contributed by atoms with Crippen LogP contribution in [-0.4, -0.2) is 48.0 Å². The Bertz CT molecular complexity index is 660. The Morgan fingerprint density at radius 1 is 1.16 bits per heavy atom. The molecule has 2 aromatic rings. The molecule has 1 aliphatic rings. The number of aromatic nitrogens is 3. The fourth-order valence-corrected chi connectivity index (χ4v) is 2.81. The van der Waals surface area contributed by atoms with Gasteiger partial charge in [-0.05, 0) is 18.6 Å². The Hall–Kier alpha value is -2.41. The maximum atomic E-state index is 5.44. The van der Waals surface area contributed by atoms with E-state index in [9.17, 15) is 0 Å². The largest absolute Gasteiger partial charge is 0.378 e. The van der Waals surface area contributed by atoms with Crippen molar-refractivity contribution in [2.24, 2.45) is 0 Å². The van der Waals surface area contributed by atoms with E-state index in [4.69, 9.17) is 4.74 Å². The zero-order valence-electron chi connectivity index (χ0n) is 14.7. The van der Waals surface area contributed by atoms with Gasteiger partial charge in [0.2, 0.25) is 5.95 Å². The molecule has 7 nitrogen and oxygen atoms in total. The molecule has 25 heavy (non-hydrogen) atoms. The first-order valence-corrected chi connectivity index (χ1v) is 8.99. The van der Waals surface area contributed by atoms with Gasteiger partial charge in [-0.2, -0.15) is 10.1 Å². The van der Waals surface area contributed by atoms with Crippen LogP contribution in [0.5, 0.6) is 0 Å². The fourth-order valence-electron chi connectivity index (χ4n) is 2.81. The van der Waals surface area contributed by atoms with E-state index in [1.807, 2.05) is 18.2 Å². The van der Waals surface area contributed by atoms with Gasteiger partial charge in [0.05, 0.1) is 30.8 Å². The normalized spacial score (nSPS) is 14.4. The van der Waals surface area contributed by atoms with E-state index in [2.05, 4.69) is 43.7 Å². The molecule has 3 rings (SSSR count). The summed E-state index contributed by atoms with van der Waals surface area (Å²) in [5.41, 5.74) is 2.12. The van der Waals surface area contributed by atoms with E-state index in [-0.39, 0.29) is 0 Å². The lowest BCUT2D eigenvalue weighted by atomic mass is 10.2. The molecular formula is C18H26N6O. The van der Waals surface area contributed by atoms with Crippen LogP contribution in [0, 0.1) is 0 Å². The van der Waals surface area contributed by atoms with Gasteiger partial charge in [0, 0.05) is 19.6 Å². The summed E-state index contributed by atoms with van der Waals surface area (Å²) >= 11 is 0. The average molecular weight is 342 g/mol. The predicted octanol–water partition coefficient (Wildman–Crippen LogP) is 3.05. The third-order valence-corrected chi connectivity index (χ3v) is 4.15. The molecule has 0 amide bonds. The van der Waals surface area contributed by atoms with Gasteiger partial charge in [-0.3, -0.25) is 0 Å². The summed E-state index contributed by atoms with van der Waals surface area (Å²) < 4.78 is 5.44. The van der Waals surface area contributed by atoms with Gasteiger partial charge in [0.25, 0.3) is 0 Å². The lowest BCUT2D eigenvalue weighted by Crippen LogP contribution is -2.36. The monoisotopic (exact) mass is 342 g/mol. The summed E-state index contributed by atoms with van der Waals surface area (Å²) in [5.74, 6) is 1.25. The summed E-state index contributed by atoms with van der Waals surface area (Å²) in [6, 6.07) is 8.19. The number of nitrogens with zero attached hydrogens (tertiary/aromatic N) is 4. The van der Waals surface area contributed by atoms with Crippen molar-refractivity contribution in [1.29, 1.82) is 0 Å². The fraction of sp³-hybridized carbons (Fsp3) is 0.500. The molecule has 1 aromatic carbocycles. The molecule has 134 valence electrons. The highest BCUT2D eigenvalue weighted by molar-refractivity contribution is 5.73. The number of unbranched alkanes of at least 4 members (excludes halogenated alkanes) is 2. The second-order valence-electron chi connectivity index (χ2n) is 6.04. The van der Waals surface area contributed by atoms with Gasteiger partial charge >= 0.3 is 0 Å². The van der Waals surface area contributed by atoms with Crippen LogP contribution in [-0.2, 0) is 4.74 Å². The Kier molecular flexibility index (Phi) is 6.39. The van der Waals surface area contributed by atoms with Gasteiger partial charge in [-0.1, -0.05) is 31.9 Å². The number of hydrogen-bond donors (Lipinski definition) is 2. The van der Waals surface area contributed by atoms with E-state index in [0.29, 0.717) is 5.95 Å². The van der Waals surface area contributed by atoms with Crippen LogP contribution in [0.1, 0.15) is 26.2 Å². The molecule has 0 unspecified atom stereocenters. The maximum absolute atomic E-state index is 5.44. The van der Waals surface area contributed by atoms with E-state index in [0.717, 1.165) is 56.5 Å². The number of ether oxygens (including phenoxy) is 1. The number of hydrogen-bond acceptors (Lipinski definition) is 7. The van der Waals surface area contributed by atoms with Crippen molar-refractivity contribution in [3.8, 4) is 0 Å². The lowest BCUT2D eigenvalue weighted by Gasteiger charge is -2.30. The average Bonchev–Trinajstić information content (AvgIpc) is 2.67. The molecule has 2 heterocycles.